The lowest BCUT2D eigenvalue weighted by atomic mass is 9.88. The molecule has 1 aromatic heterocycles. The van der Waals surface area contributed by atoms with Crippen LogP contribution in [0.1, 0.15) is 18.5 Å². The molecule has 1 amide bonds. The minimum absolute atomic E-state index is 0.0256. The van der Waals surface area contributed by atoms with Crippen LogP contribution in [0, 0.1) is 5.92 Å². The lowest BCUT2D eigenvalue weighted by Crippen LogP contribution is -2.65. The van der Waals surface area contributed by atoms with Gasteiger partial charge in [-0.25, -0.2) is 0 Å². The Labute approximate surface area is 106 Å². The van der Waals surface area contributed by atoms with Crippen molar-refractivity contribution < 1.29 is 9.90 Å². The summed E-state index contributed by atoms with van der Waals surface area (Å²) in [5.74, 6) is 0.439. The highest BCUT2D eigenvalue weighted by Crippen LogP contribution is 2.44. The molecule has 1 saturated carbocycles. The van der Waals surface area contributed by atoms with E-state index < -0.39 is 5.60 Å². The normalized spacial score (nSPS) is 21.5. The molecule has 2 fully saturated rings. The third kappa shape index (κ3) is 2.06. The second-order valence-corrected chi connectivity index (χ2v) is 5.39. The number of nitrogen functional groups attached to an aromatic ring is 1. The van der Waals surface area contributed by atoms with Crippen LogP contribution in [0.4, 0.5) is 5.69 Å². The number of hydrogen-bond donors (Lipinski definition) is 2. The van der Waals surface area contributed by atoms with Gasteiger partial charge in [0.2, 0.25) is 5.91 Å². The Morgan fingerprint density at radius 3 is 2.78 bits per heavy atom. The number of pyridine rings is 1. The molecule has 1 saturated heterocycles. The Morgan fingerprint density at radius 2 is 2.22 bits per heavy atom. The number of hydrogen-bond acceptors (Lipinski definition) is 4. The summed E-state index contributed by atoms with van der Waals surface area (Å²) in [5.41, 5.74) is 6.25. The summed E-state index contributed by atoms with van der Waals surface area (Å²) in [6.45, 7) is 0.955. The maximum Gasteiger partial charge on any atom is 0.228 e. The van der Waals surface area contributed by atoms with E-state index in [0.29, 0.717) is 24.7 Å². The van der Waals surface area contributed by atoms with Crippen molar-refractivity contribution in [2.75, 3.05) is 18.8 Å². The summed E-state index contributed by atoms with van der Waals surface area (Å²) in [6, 6.07) is 3.51. The molecule has 1 aliphatic heterocycles. The summed E-state index contributed by atoms with van der Waals surface area (Å²) < 4.78 is 0. The number of carbonyl (C=O) groups excluding carboxylic acids is 1. The van der Waals surface area contributed by atoms with Crippen LogP contribution in [0.25, 0.3) is 0 Å². The highest BCUT2D eigenvalue weighted by atomic mass is 16.3. The minimum atomic E-state index is -0.607. The first-order chi connectivity index (χ1) is 8.57. The van der Waals surface area contributed by atoms with Crippen LogP contribution in [-0.4, -0.2) is 39.6 Å². The van der Waals surface area contributed by atoms with E-state index in [1.807, 2.05) is 0 Å². The van der Waals surface area contributed by atoms with Crippen molar-refractivity contribution in [2.24, 2.45) is 5.92 Å². The van der Waals surface area contributed by atoms with Gasteiger partial charge in [0, 0.05) is 5.69 Å². The summed E-state index contributed by atoms with van der Waals surface area (Å²) in [7, 11) is 0. The number of nitrogens with zero attached hydrogens (tertiary/aromatic N) is 2. The molecule has 0 bridgehead atoms. The van der Waals surface area contributed by atoms with Crippen LogP contribution < -0.4 is 5.73 Å². The number of nitrogens with two attached hydrogens (primary N) is 1. The molecule has 2 aliphatic rings. The van der Waals surface area contributed by atoms with Gasteiger partial charge in [0.25, 0.3) is 0 Å². The Hall–Kier alpha value is -1.62. The topological polar surface area (TPSA) is 79.5 Å². The van der Waals surface area contributed by atoms with Crippen molar-refractivity contribution in [3.05, 3.63) is 24.0 Å². The molecule has 3 rings (SSSR count). The van der Waals surface area contributed by atoms with Crippen molar-refractivity contribution in [1.29, 1.82) is 0 Å². The van der Waals surface area contributed by atoms with Gasteiger partial charge < -0.3 is 15.7 Å². The summed E-state index contributed by atoms with van der Waals surface area (Å²) in [5, 5.41) is 10.1. The quantitative estimate of drug-likeness (QED) is 0.799. The van der Waals surface area contributed by atoms with E-state index in [2.05, 4.69) is 4.98 Å². The molecule has 0 unspecified atom stereocenters. The van der Waals surface area contributed by atoms with Crippen LogP contribution in [0.5, 0.6) is 0 Å². The van der Waals surface area contributed by atoms with Gasteiger partial charge in [0.05, 0.1) is 31.4 Å². The van der Waals surface area contributed by atoms with E-state index >= 15 is 0 Å². The van der Waals surface area contributed by atoms with Crippen LogP contribution in [0.15, 0.2) is 18.3 Å². The smallest absolute Gasteiger partial charge is 0.228 e. The molecular weight excluding hydrogens is 230 g/mol. The summed E-state index contributed by atoms with van der Waals surface area (Å²) in [4.78, 5) is 17.8. The third-order valence-corrected chi connectivity index (χ3v) is 3.80. The van der Waals surface area contributed by atoms with Gasteiger partial charge in [-0.2, -0.15) is 0 Å². The maximum atomic E-state index is 12.0. The van der Waals surface area contributed by atoms with E-state index in [0.717, 1.165) is 18.5 Å². The molecule has 0 atom stereocenters. The first-order valence-corrected chi connectivity index (χ1v) is 6.27. The van der Waals surface area contributed by atoms with Crippen LogP contribution >= 0.6 is 0 Å². The molecule has 0 spiro atoms. The maximum absolute atomic E-state index is 12.0. The number of aromatic nitrogens is 1. The van der Waals surface area contributed by atoms with E-state index in [-0.39, 0.29) is 12.3 Å². The monoisotopic (exact) mass is 247 g/mol. The van der Waals surface area contributed by atoms with Crippen molar-refractivity contribution >= 4 is 11.6 Å². The second-order valence-electron chi connectivity index (χ2n) is 5.39. The molecule has 1 aromatic rings. The first kappa shape index (κ1) is 11.5. The van der Waals surface area contributed by atoms with Crippen LogP contribution in [0.3, 0.4) is 0 Å². The molecule has 5 heteroatoms. The molecule has 3 N–H and O–H groups in total. The Bertz CT molecular complexity index is 462. The van der Waals surface area contributed by atoms with Gasteiger partial charge in [-0.05, 0) is 30.9 Å². The van der Waals surface area contributed by atoms with Crippen LogP contribution in [0.2, 0.25) is 0 Å². The fourth-order valence-electron chi connectivity index (χ4n) is 2.48. The molecule has 2 heterocycles. The predicted molar refractivity (Wildman–Crippen MR) is 66.6 cm³/mol. The number of carbonyl (C=O) groups is 1. The zero-order chi connectivity index (χ0) is 12.8. The molecule has 0 aromatic carbocycles. The van der Waals surface area contributed by atoms with Crippen LogP contribution in [-0.2, 0) is 11.2 Å². The highest BCUT2D eigenvalue weighted by Gasteiger charge is 2.53. The number of aliphatic hydroxyl groups is 1. The second kappa shape index (κ2) is 3.95. The Balaban J connectivity index is 1.55. The molecular formula is C13H17N3O2. The zero-order valence-corrected chi connectivity index (χ0v) is 10.2. The average molecular weight is 247 g/mol. The first-order valence-electron chi connectivity index (χ1n) is 6.27. The SMILES string of the molecule is Nc1ccc(CC(=O)N2CC(O)(C3CC3)C2)nc1. The molecule has 96 valence electrons. The average Bonchev–Trinajstić information content (AvgIpc) is 3.12. The van der Waals surface area contributed by atoms with E-state index in [4.69, 9.17) is 5.73 Å². The lowest BCUT2D eigenvalue weighted by Gasteiger charge is -2.47. The number of amides is 1. The fraction of sp³-hybridized carbons (Fsp3) is 0.538. The van der Waals surface area contributed by atoms with Gasteiger partial charge in [-0.15, -0.1) is 0 Å². The predicted octanol–water partition coefficient (Wildman–Crippen LogP) is 0.190. The number of β-amino-alcohol motifs (C(OH)–C–C–N with tert-alkyl or cyclic N) is 1. The van der Waals surface area contributed by atoms with Gasteiger partial charge in [-0.1, -0.05) is 0 Å². The minimum Gasteiger partial charge on any atom is -0.397 e. The summed E-state index contributed by atoms with van der Waals surface area (Å²) >= 11 is 0. The van der Waals surface area contributed by atoms with E-state index in [1.54, 1.807) is 23.2 Å². The molecule has 0 radical (unpaired) electrons. The third-order valence-electron chi connectivity index (χ3n) is 3.80. The number of rotatable bonds is 3. The molecule has 1 aliphatic carbocycles. The molecule has 5 nitrogen and oxygen atoms in total. The Morgan fingerprint density at radius 1 is 1.50 bits per heavy atom. The van der Waals surface area contributed by atoms with Crippen molar-refractivity contribution in [2.45, 2.75) is 24.9 Å². The summed E-state index contributed by atoms with van der Waals surface area (Å²) in [6.07, 6.45) is 4.02. The zero-order valence-electron chi connectivity index (χ0n) is 10.2. The largest absolute Gasteiger partial charge is 0.397 e. The number of likely N-dealkylation sites (tertiary alicyclic amines) is 1. The fourth-order valence-corrected chi connectivity index (χ4v) is 2.48. The van der Waals surface area contributed by atoms with Gasteiger partial charge in [0.1, 0.15) is 5.60 Å². The van der Waals surface area contributed by atoms with Gasteiger partial charge in [-0.3, -0.25) is 9.78 Å². The van der Waals surface area contributed by atoms with E-state index in [1.165, 1.54) is 0 Å². The van der Waals surface area contributed by atoms with Crippen molar-refractivity contribution in [3.63, 3.8) is 0 Å². The van der Waals surface area contributed by atoms with Crippen molar-refractivity contribution in [1.82, 2.24) is 9.88 Å². The van der Waals surface area contributed by atoms with Gasteiger partial charge >= 0.3 is 0 Å². The van der Waals surface area contributed by atoms with Crippen molar-refractivity contribution in [3.8, 4) is 0 Å². The standard InChI is InChI=1S/C13H17N3O2/c14-10-3-4-11(15-6-10)5-12(17)16-7-13(18,8-16)9-1-2-9/h3-4,6,9,18H,1-2,5,7-8,14H2. The van der Waals surface area contributed by atoms with E-state index in [9.17, 15) is 9.90 Å². The highest BCUT2D eigenvalue weighted by molar-refractivity contribution is 5.79. The Kier molecular flexibility index (Phi) is 2.52. The lowest BCUT2D eigenvalue weighted by molar-refractivity contribution is -0.158. The molecule has 18 heavy (non-hydrogen) atoms. The number of anilines is 1. The van der Waals surface area contributed by atoms with Gasteiger partial charge in [0.15, 0.2) is 0 Å².